The lowest BCUT2D eigenvalue weighted by molar-refractivity contribution is -0.133. The second-order valence-electron chi connectivity index (χ2n) is 6.52. The van der Waals surface area contributed by atoms with Gasteiger partial charge < -0.3 is 4.90 Å². The summed E-state index contributed by atoms with van der Waals surface area (Å²) in [4.78, 5) is 21.5. The molecular formula is C18H25N3OS. The first-order valence-corrected chi connectivity index (χ1v) is 9.23. The molecule has 0 aliphatic carbocycles. The smallest absolute Gasteiger partial charge is 0.237 e. The van der Waals surface area contributed by atoms with E-state index in [1.54, 1.807) is 11.3 Å². The minimum absolute atomic E-state index is 0.0139. The van der Waals surface area contributed by atoms with Crippen LogP contribution in [0, 0.1) is 0 Å². The van der Waals surface area contributed by atoms with Crippen LogP contribution in [0.15, 0.2) is 24.3 Å². The quantitative estimate of drug-likeness (QED) is 0.857. The molecule has 2 aromatic rings. The molecule has 2 atom stereocenters. The van der Waals surface area contributed by atoms with Gasteiger partial charge >= 0.3 is 0 Å². The number of benzene rings is 1. The van der Waals surface area contributed by atoms with Crippen LogP contribution in [-0.2, 0) is 4.79 Å². The number of amides is 1. The van der Waals surface area contributed by atoms with Crippen LogP contribution in [-0.4, -0.2) is 46.9 Å². The minimum atomic E-state index is 0.0139. The lowest BCUT2D eigenvalue weighted by Crippen LogP contribution is -2.45. The number of hydrogen-bond acceptors (Lipinski definition) is 4. The van der Waals surface area contributed by atoms with Gasteiger partial charge in [0.15, 0.2) is 0 Å². The maximum absolute atomic E-state index is 12.6. The molecule has 1 aromatic carbocycles. The number of thiazole rings is 1. The molecule has 124 valence electrons. The predicted molar refractivity (Wildman–Crippen MR) is 95.7 cm³/mol. The van der Waals surface area contributed by atoms with E-state index in [0.29, 0.717) is 12.6 Å². The van der Waals surface area contributed by atoms with Crippen LogP contribution in [0.5, 0.6) is 0 Å². The number of carbonyl (C=O) groups excluding carboxylic acids is 1. The van der Waals surface area contributed by atoms with E-state index in [0.717, 1.165) is 17.1 Å². The molecule has 0 unspecified atom stereocenters. The van der Waals surface area contributed by atoms with Gasteiger partial charge in [-0.15, -0.1) is 11.3 Å². The molecule has 0 N–H and O–H groups in total. The Labute approximate surface area is 142 Å². The van der Waals surface area contributed by atoms with E-state index in [4.69, 9.17) is 0 Å². The van der Waals surface area contributed by atoms with Crippen molar-refractivity contribution in [3.63, 3.8) is 0 Å². The number of aromatic nitrogens is 1. The summed E-state index contributed by atoms with van der Waals surface area (Å²) in [6.07, 6.45) is 3.68. The molecule has 0 radical (unpaired) electrons. The second kappa shape index (κ2) is 6.97. The largest absolute Gasteiger partial charge is 0.335 e. The number of piperidine rings is 1. The monoisotopic (exact) mass is 331 g/mol. The number of para-hydroxylation sites is 1. The fraction of sp³-hybridized carbons (Fsp3) is 0.556. The van der Waals surface area contributed by atoms with E-state index in [1.165, 1.54) is 24.0 Å². The Kier molecular flexibility index (Phi) is 4.97. The van der Waals surface area contributed by atoms with E-state index >= 15 is 0 Å². The normalized spacial score (nSPS) is 20.6. The van der Waals surface area contributed by atoms with Crippen molar-refractivity contribution in [2.24, 2.45) is 0 Å². The highest BCUT2D eigenvalue weighted by Crippen LogP contribution is 2.29. The predicted octanol–water partition coefficient (Wildman–Crippen LogP) is 3.69. The van der Waals surface area contributed by atoms with E-state index < -0.39 is 0 Å². The van der Waals surface area contributed by atoms with Crippen molar-refractivity contribution < 1.29 is 4.79 Å². The molecule has 0 bridgehead atoms. The first kappa shape index (κ1) is 16.4. The summed E-state index contributed by atoms with van der Waals surface area (Å²) < 4.78 is 1.18. The van der Waals surface area contributed by atoms with Crippen molar-refractivity contribution in [1.29, 1.82) is 0 Å². The zero-order chi connectivity index (χ0) is 16.4. The van der Waals surface area contributed by atoms with Crippen LogP contribution in [0.1, 0.15) is 44.2 Å². The molecule has 1 aliphatic rings. The van der Waals surface area contributed by atoms with Gasteiger partial charge in [-0.2, -0.15) is 0 Å². The van der Waals surface area contributed by atoms with Crippen LogP contribution in [0.4, 0.5) is 0 Å². The maximum atomic E-state index is 12.6. The SMILES string of the molecule is C[C@H]1CCCCN1CC(=O)N(C)[C@@H](C)c1nc2ccccc2s1. The number of likely N-dealkylation sites (tertiary alicyclic amines) is 1. The lowest BCUT2D eigenvalue weighted by atomic mass is 10.0. The average molecular weight is 331 g/mol. The van der Waals surface area contributed by atoms with Crippen molar-refractivity contribution in [1.82, 2.24) is 14.8 Å². The summed E-state index contributed by atoms with van der Waals surface area (Å²) in [5.74, 6) is 0.186. The Balaban J connectivity index is 1.68. The molecule has 1 aromatic heterocycles. The summed E-state index contributed by atoms with van der Waals surface area (Å²) in [6.45, 7) is 5.85. The maximum Gasteiger partial charge on any atom is 0.237 e. The van der Waals surface area contributed by atoms with Gasteiger partial charge in [-0.1, -0.05) is 18.6 Å². The van der Waals surface area contributed by atoms with E-state index in [2.05, 4.69) is 29.8 Å². The molecule has 1 fully saturated rings. The molecule has 4 nitrogen and oxygen atoms in total. The summed E-state index contributed by atoms with van der Waals surface area (Å²) in [5, 5.41) is 1.01. The third kappa shape index (κ3) is 3.56. The highest BCUT2D eigenvalue weighted by molar-refractivity contribution is 7.18. The highest BCUT2D eigenvalue weighted by Gasteiger charge is 2.25. The third-order valence-electron chi connectivity index (χ3n) is 4.92. The van der Waals surface area contributed by atoms with Crippen molar-refractivity contribution in [2.75, 3.05) is 20.1 Å². The van der Waals surface area contributed by atoms with Crippen LogP contribution >= 0.6 is 11.3 Å². The molecule has 23 heavy (non-hydrogen) atoms. The van der Waals surface area contributed by atoms with E-state index in [9.17, 15) is 4.79 Å². The van der Waals surface area contributed by atoms with Crippen LogP contribution < -0.4 is 0 Å². The molecule has 0 spiro atoms. The average Bonchev–Trinajstić information content (AvgIpc) is 2.99. The van der Waals surface area contributed by atoms with Gasteiger partial charge in [0.1, 0.15) is 5.01 Å². The van der Waals surface area contributed by atoms with Crippen LogP contribution in [0.25, 0.3) is 10.2 Å². The Hall–Kier alpha value is -1.46. The van der Waals surface area contributed by atoms with Gasteiger partial charge in [-0.05, 0) is 45.4 Å². The number of carbonyl (C=O) groups is 1. The zero-order valence-electron chi connectivity index (χ0n) is 14.2. The third-order valence-corrected chi connectivity index (χ3v) is 6.13. The highest BCUT2D eigenvalue weighted by atomic mass is 32.1. The fourth-order valence-electron chi connectivity index (χ4n) is 3.13. The number of hydrogen-bond donors (Lipinski definition) is 0. The second-order valence-corrected chi connectivity index (χ2v) is 7.58. The Morgan fingerprint density at radius 1 is 1.43 bits per heavy atom. The molecular weight excluding hydrogens is 306 g/mol. The van der Waals surface area contributed by atoms with E-state index in [-0.39, 0.29) is 11.9 Å². The topological polar surface area (TPSA) is 36.4 Å². The summed E-state index contributed by atoms with van der Waals surface area (Å²) in [5.41, 5.74) is 1.02. The first-order chi connectivity index (χ1) is 11.1. The number of likely N-dealkylation sites (N-methyl/N-ethyl adjacent to an activating group) is 1. The molecule has 5 heteroatoms. The molecule has 1 amide bonds. The van der Waals surface area contributed by atoms with Gasteiger partial charge in [0.05, 0.1) is 22.8 Å². The number of nitrogens with zero attached hydrogens (tertiary/aromatic N) is 3. The Morgan fingerprint density at radius 3 is 2.96 bits per heavy atom. The molecule has 1 aliphatic heterocycles. The fourth-order valence-corrected chi connectivity index (χ4v) is 4.19. The Bertz CT molecular complexity index is 651. The zero-order valence-corrected chi connectivity index (χ0v) is 15.0. The van der Waals surface area contributed by atoms with Crippen molar-refractivity contribution in [3.05, 3.63) is 29.3 Å². The molecule has 0 saturated carbocycles. The first-order valence-electron chi connectivity index (χ1n) is 8.41. The number of fused-ring (bicyclic) bond motifs is 1. The van der Waals surface area contributed by atoms with Gasteiger partial charge in [0.25, 0.3) is 0 Å². The van der Waals surface area contributed by atoms with E-state index in [1.807, 2.05) is 30.1 Å². The summed E-state index contributed by atoms with van der Waals surface area (Å²) in [6, 6.07) is 8.67. The summed E-state index contributed by atoms with van der Waals surface area (Å²) >= 11 is 1.68. The molecule has 3 rings (SSSR count). The summed E-state index contributed by atoms with van der Waals surface area (Å²) in [7, 11) is 1.90. The van der Waals surface area contributed by atoms with Gasteiger partial charge in [0, 0.05) is 13.1 Å². The van der Waals surface area contributed by atoms with Crippen LogP contribution in [0.2, 0.25) is 0 Å². The van der Waals surface area contributed by atoms with Gasteiger partial charge in [-0.3, -0.25) is 9.69 Å². The Morgan fingerprint density at radius 2 is 2.22 bits per heavy atom. The van der Waals surface area contributed by atoms with Gasteiger partial charge in [-0.25, -0.2) is 4.98 Å². The standard InChI is InChI=1S/C18H25N3OS/c1-13-8-6-7-11-21(13)12-17(22)20(3)14(2)18-19-15-9-4-5-10-16(15)23-18/h4-5,9-10,13-14H,6-8,11-12H2,1-3H3/t13-,14-/m0/s1. The molecule has 1 saturated heterocycles. The molecule has 2 heterocycles. The minimum Gasteiger partial charge on any atom is -0.335 e. The van der Waals surface area contributed by atoms with Crippen molar-refractivity contribution in [2.45, 2.75) is 45.2 Å². The lowest BCUT2D eigenvalue weighted by Gasteiger charge is -2.34. The number of rotatable bonds is 4. The van der Waals surface area contributed by atoms with Crippen molar-refractivity contribution in [3.8, 4) is 0 Å². The van der Waals surface area contributed by atoms with Crippen molar-refractivity contribution >= 4 is 27.5 Å². The van der Waals surface area contributed by atoms with Crippen LogP contribution in [0.3, 0.4) is 0 Å². The van der Waals surface area contributed by atoms with Gasteiger partial charge in [0.2, 0.25) is 5.91 Å².